The van der Waals surface area contributed by atoms with E-state index < -0.39 is 0 Å². The van der Waals surface area contributed by atoms with Crippen LogP contribution in [0.4, 0.5) is 5.69 Å². The number of thioether (sulfide) groups is 1. The lowest BCUT2D eigenvalue weighted by molar-refractivity contribution is 0.871. The van der Waals surface area contributed by atoms with Gasteiger partial charge < -0.3 is 5.32 Å². The molecule has 1 unspecified atom stereocenters. The predicted molar refractivity (Wildman–Crippen MR) is 87.8 cm³/mol. The average molecular weight is 334 g/mol. The fraction of sp³-hybridized carbons (Fsp3) is 0.250. The SMILES string of the molecule is Cc1ccc(NC2CSCc3ccccc32)cc1Br. The number of halogens is 1. The molecular weight excluding hydrogens is 318 g/mol. The molecule has 1 N–H and O–H groups in total. The van der Waals surface area contributed by atoms with Crippen molar-refractivity contribution in [3.05, 3.63) is 63.6 Å². The fourth-order valence-corrected chi connectivity index (χ4v) is 3.86. The molecule has 19 heavy (non-hydrogen) atoms. The van der Waals surface area contributed by atoms with E-state index >= 15 is 0 Å². The monoisotopic (exact) mass is 333 g/mol. The van der Waals surface area contributed by atoms with Crippen molar-refractivity contribution < 1.29 is 0 Å². The van der Waals surface area contributed by atoms with Crippen LogP contribution in [0.3, 0.4) is 0 Å². The van der Waals surface area contributed by atoms with Gasteiger partial charge in [0.25, 0.3) is 0 Å². The molecule has 0 aliphatic carbocycles. The van der Waals surface area contributed by atoms with E-state index in [9.17, 15) is 0 Å². The van der Waals surface area contributed by atoms with Crippen LogP contribution in [0.5, 0.6) is 0 Å². The van der Waals surface area contributed by atoms with Crippen LogP contribution in [0.15, 0.2) is 46.9 Å². The van der Waals surface area contributed by atoms with Crippen LogP contribution in [-0.2, 0) is 5.75 Å². The quantitative estimate of drug-likeness (QED) is 0.814. The third-order valence-electron chi connectivity index (χ3n) is 3.49. The van der Waals surface area contributed by atoms with E-state index in [-0.39, 0.29) is 0 Å². The van der Waals surface area contributed by atoms with Crippen molar-refractivity contribution in [1.82, 2.24) is 0 Å². The maximum absolute atomic E-state index is 3.65. The normalized spacial score (nSPS) is 17.9. The van der Waals surface area contributed by atoms with Gasteiger partial charge in [0.15, 0.2) is 0 Å². The predicted octanol–water partition coefficient (Wildman–Crippen LogP) is 5.16. The number of hydrogen-bond acceptors (Lipinski definition) is 2. The van der Waals surface area contributed by atoms with Crippen LogP contribution in [-0.4, -0.2) is 5.75 Å². The summed E-state index contributed by atoms with van der Waals surface area (Å²) in [5.41, 5.74) is 5.35. The lowest BCUT2D eigenvalue weighted by Crippen LogP contribution is -2.18. The summed E-state index contributed by atoms with van der Waals surface area (Å²) in [4.78, 5) is 0. The lowest BCUT2D eigenvalue weighted by atomic mass is 10.0. The summed E-state index contributed by atoms with van der Waals surface area (Å²) >= 11 is 5.60. The number of aryl methyl sites for hydroxylation is 1. The van der Waals surface area contributed by atoms with E-state index in [0.29, 0.717) is 6.04 Å². The molecule has 98 valence electrons. The van der Waals surface area contributed by atoms with Gasteiger partial charge in [-0.1, -0.05) is 46.3 Å². The van der Waals surface area contributed by atoms with Gasteiger partial charge in [0.1, 0.15) is 0 Å². The molecule has 0 amide bonds. The molecule has 0 saturated heterocycles. The molecule has 1 nitrogen and oxygen atoms in total. The first-order chi connectivity index (χ1) is 9.24. The Morgan fingerprint density at radius 2 is 2.05 bits per heavy atom. The highest BCUT2D eigenvalue weighted by Crippen LogP contribution is 2.34. The molecule has 3 heteroatoms. The first-order valence-corrected chi connectivity index (χ1v) is 8.37. The second-order valence-electron chi connectivity index (χ2n) is 4.87. The minimum absolute atomic E-state index is 0.407. The van der Waals surface area contributed by atoms with Crippen LogP contribution in [0.25, 0.3) is 0 Å². The molecule has 0 spiro atoms. The standard InChI is InChI=1S/C16H16BrNS/c1-11-6-7-13(8-15(11)17)18-16-10-19-9-12-4-2-3-5-14(12)16/h2-8,16,18H,9-10H2,1H3. The number of benzene rings is 2. The molecule has 0 saturated carbocycles. The zero-order valence-electron chi connectivity index (χ0n) is 10.8. The Labute approximate surface area is 126 Å². The van der Waals surface area contributed by atoms with E-state index in [4.69, 9.17) is 0 Å². The van der Waals surface area contributed by atoms with Gasteiger partial charge in [0, 0.05) is 21.7 Å². The van der Waals surface area contributed by atoms with Crippen molar-refractivity contribution in [3.8, 4) is 0 Å². The van der Waals surface area contributed by atoms with Gasteiger partial charge in [-0.2, -0.15) is 11.8 Å². The van der Waals surface area contributed by atoms with Gasteiger partial charge in [0.05, 0.1) is 6.04 Å². The van der Waals surface area contributed by atoms with E-state index in [1.54, 1.807) is 0 Å². The second-order valence-corrected chi connectivity index (χ2v) is 6.76. The van der Waals surface area contributed by atoms with Gasteiger partial charge in [-0.3, -0.25) is 0 Å². The molecule has 2 aromatic carbocycles. The van der Waals surface area contributed by atoms with Crippen molar-refractivity contribution >= 4 is 33.4 Å². The average Bonchev–Trinajstić information content (AvgIpc) is 2.43. The lowest BCUT2D eigenvalue weighted by Gasteiger charge is -2.27. The largest absolute Gasteiger partial charge is 0.377 e. The van der Waals surface area contributed by atoms with Crippen LogP contribution in [0.2, 0.25) is 0 Å². The van der Waals surface area contributed by atoms with E-state index in [1.807, 2.05) is 11.8 Å². The van der Waals surface area contributed by atoms with Crippen LogP contribution in [0.1, 0.15) is 22.7 Å². The van der Waals surface area contributed by atoms with Crippen molar-refractivity contribution in [3.63, 3.8) is 0 Å². The Hall–Kier alpha value is -0.930. The fourth-order valence-electron chi connectivity index (χ4n) is 2.39. The minimum Gasteiger partial charge on any atom is -0.377 e. The highest BCUT2D eigenvalue weighted by Gasteiger charge is 2.19. The number of anilines is 1. The van der Waals surface area contributed by atoms with Crippen LogP contribution in [0, 0.1) is 6.92 Å². The minimum atomic E-state index is 0.407. The zero-order chi connectivity index (χ0) is 13.2. The molecule has 0 radical (unpaired) electrons. The Bertz CT molecular complexity index is 597. The summed E-state index contributed by atoms with van der Waals surface area (Å²) in [7, 11) is 0. The van der Waals surface area contributed by atoms with Crippen LogP contribution >= 0.6 is 27.7 Å². The number of nitrogens with one attached hydrogen (secondary N) is 1. The first-order valence-electron chi connectivity index (χ1n) is 6.42. The summed E-state index contributed by atoms with van der Waals surface area (Å²) in [6.07, 6.45) is 0. The van der Waals surface area contributed by atoms with Crippen molar-refractivity contribution in [1.29, 1.82) is 0 Å². The molecule has 3 rings (SSSR count). The Balaban J connectivity index is 1.86. The maximum Gasteiger partial charge on any atom is 0.0607 e. The number of rotatable bonds is 2. The topological polar surface area (TPSA) is 12.0 Å². The molecule has 0 bridgehead atoms. The zero-order valence-corrected chi connectivity index (χ0v) is 13.2. The number of hydrogen-bond donors (Lipinski definition) is 1. The summed E-state index contributed by atoms with van der Waals surface area (Å²) in [5, 5.41) is 3.65. The van der Waals surface area contributed by atoms with E-state index in [1.165, 1.54) is 22.4 Å². The summed E-state index contributed by atoms with van der Waals surface area (Å²) in [5.74, 6) is 2.26. The molecule has 2 aromatic rings. The summed E-state index contributed by atoms with van der Waals surface area (Å²) < 4.78 is 1.16. The highest BCUT2D eigenvalue weighted by atomic mass is 79.9. The van der Waals surface area contributed by atoms with E-state index in [2.05, 4.69) is 70.6 Å². The van der Waals surface area contributed by atoms with Gasteiger partial charge in [-0.15, -0.1) is 0 Å². The molecule has 0 fully saturated rings. The van der Waals surface area contributed by atoms with E-state index in [0.717, 1.165) is 16.0 Å². The van der Waals surface area contributed by atoms with Crippen LogP contribution < -0.4 is 5.32 Å². The van der Waals surface area contributed by atoms with Gasteiger partial charge in [0.2, 0.25) is 0 Å². The van der Waals surface area contributed by atoms with Gasteiger partial charge in [-0.05, 0) is 35.7 Å². The Kier molecular flexibility index (Phi) is 3.85. The molecule has 1 heterocycles. The molecule has 0 aromatic heterocycles. The second kappa shape index (κ2) is 5.59. The molecule has 1 aliphatic rings. The first kappa shape index (κ1) is 13.1. The smallest absolute Gasteiger partial charge is 0.0607 e. The van der Waals surface area contributed by atoms with Crippen molar-refractivity contribution in [2.24, 2.45) is 0 Å². The van der Waals surface area contributed by atoms with Gasteiger partial charge >= 0.3 is 0 Å². The number of fused-ring (bicyclic) bond motifs is 1. The van der Waals surface area contributed by atoms with Crippen molar-refractivity contribution in [2.75, 3.05) is 11.1 Å². The summed E-state index contributed by atoms with van der Waals surface area (Å²) in [6.45, 7) is 2.11. The van der Waals surface area contributed by atoms with Crippen molar-refractivity contribution in [2.45, 2.75) is 18.7 Å². The van der Waals surface area contributed by atoms with Gasteiger partial charge in [-0.25, -0.2) is 0 Å². The molecular formula is C16H16BrNS. The molecule has 1 atom stereocenters. The molecule has 1 aliphatic heterocycles. The highest BCUT2D eigenvalue weighted by molar-refractivity contribution is 9.10. The maximum atomic E-state index is 3.65. The Morgan fingerprint density at radius 1 is 1.21 bits per heavy atom. The summed E-state index contributed by atoms with van der Waals surface area (Å²) in [6, 6.07) is 15.6. The third-order valence-corrected chi connectivity index (χ3v) is 5.42. The third kappa shape index (κ3) is 2.82. The Morgan fingerprint density at radius 3 is 2.89 bits per heavy atom.